The predicted octanol–water partition coefficient (Wildman–Crippen LogP) is 1.88. The number of nitrogens with two attached hydrogens (primary N) is 1. The standard InChI is InChI=1S/C16H22N4O/c1-13-9-16(18-21-13)12-20-7-5-19(6-8-20)11-14-3-2-4-15(17)10-14/h2-4,9-10H,5-8,11-12,17H2,1H3. The van der Waals surface area contributed by atoms with Gasteiger partial charge in [-0.25, -0.2) is 0 Å². The maximum Gasteiger partial charge on any atom is 0.133 e. The van der Waals surface area contributed by atoms with Gasteiger partial charge in [0.1, 0.15) is 5.76 Å². The molecule has 1 saturated heterocycles. The molecule has 1 aliphatic heterocycles. The van der Waals surface area contributed by atoms with E-state index >= 15 is 0 Å². The fourth-order valence-corrected chi connectivity index (χ4v) is 2.78. The van der Waals surface area contributed by atoms with Crippen molar-refractivity contribution in [1.82, 2.24) is 15.0 Å². The number of hydrogen-bond donors (Lipinski definition) is 1. The molecule has 0 unspecified atom stereocenters. The summed E-state index contributed by atoms with van der Waals surface area (Å²) in [7, 11) is 0. The molecule has 0 bridgehead atoms. The van der Waals surface area contributed by atoms with Gasteiger partial charge in [0.2, 0.25) is 0 Å². The molecule has 1 fully saturated rings. The monoisotopic (exact) mass is 286 g/mol. The van der Waals surface area contributed by atoms with Gasteiger partial charge in [0.05, 0.1) is 5.69 Å². The topological polar surface area (TPSA) is 58.5 Å². The van der Waals surface area contributed by atoms with Gasteiger partial charge in [0, 0.05) is 51.0 Å². The molecule has 0 atom stereocenters. The maximum absolute atomic E-state index is 5.83. The molecule has 0 radical (unpaired) electrons. The van der Waals surface area contributed by atoms with Gasteiger partial charge >= 0.3 is 0 Å². The summed E-state index contributed by atoms with van der Waals surface area (Å²) in [5, 5.41) is 4.06. The van der Waals surface area contributed by atoms with E-state index in [1.807, 2.05) is 25.1 Å². The summed E-state index contributed by atoms with van der Waals surface area (Å²) in [5.74, 6) is 0.880. The van der Waals surface area contributed by atoms with Gasteiger partial charge in [-0.3, -0.25) is 9.80 Å². The van der Waals surface area contributed by atoms with Crippen LogP contribution >= 0.6 is 0 Å². The van der Waals surface area contributed by atoms with Gasteiger partial charge in [0.25, 0.3) is 0 Å². The van der Waals surface area contributed by atoms with Crippen molar-refractivity contribution in [3.63, 3.8) is 0 Å². The number of nitrogen functional groups attached to an aromatic ring is 1. The summed E-state index contributed by atoms with van der Waals surface area (Å²) in [6.07, 6.45) is 0. The lowest BCUT2D eigenvalue weighted by Gasteiger charge is -2.34. The minimum absolute atomic E-state index is 0.840. The van der Waals surface area contributed by atoms with Crippen LogP contribution in [0.3, 0.4) is 0 Å². The van der Waals surface area contributed by atoms with Crippen LogP contribution in [-0.2, 0) is 13.1 Å². The molecule has 1 aromatic heterocycles. The summed E-state index contributed by atoms with van der Waals surface area (Å²) >= 11 is 0. The van der Waals surface area contributed by atoms with Crippen molar-refractivity contribution < 1.29 is 4.52 Å². The Balaban J connectivity index is 1.48. The maximum atomic E-state index is 5.83. The molecule has 5 nitrogen and oxygen atoms in total. The molecule has 5 heteroatoms. The number of benzene rings is 1. The highest BCUT2D eigenvalue weighted by Crippen LogP contribution is 2.13. The first-order chi connectivity index (χ1) is 10.2. The van der Waals surface area contributed by atoms with Crippen molar-refractivity contribution in [2.24, 2.45) is 0 Å². The quantitative estimate of drug-likeness (QED) is 0.870. The third-order valence-corrected chi connectivity index (χ3v) is 3.88. The first kappa shape index (κ1) is 14.1. The van der Waals surface area contributed by atoms with Crippen molar-refractivity contribution >= 4 is 5.69 Å². The lowest BCUT2D eigenvalue weighted by molar-refractivity contribution is 0.120. The molecule has 21 heavy (non-hydrogen) atoms. The zero-order valence-corrected chi connectivity index (χ0v) is 12.5. The Bertz CT molecular complexity index is 587. The van der Waals surface area contributed by atoms with Gasteiger partial charge < -0.3 is 10.3 Å². The van der Waals surface area contributed by atoms with E-state index in [-0.39, 0.29) is 0 Å². The fraction of sp³-hybridized carbons (Fsp3) is 0.438. The Morgan fingerprint density at radius 2 is 1.81 bits per heavy atom. The van der Waals surface area contributed by atoms with E-state index in [9.17, 15) is 0 Å². The Labute approximate surface area is 125 Å². The molecule has 1 aliphatic rings. The molecule has 1 aromatic carbocycles. The molecule has 0 amide bonds. The molecule has 3 rings (SSSR count). The van der Waals surface area contributed by atoms with E-state index in [1.165, 1.54) is 5.56 Å². The van der Waals surface area contributed by atoms with Crippen molar-refractivity contribution in [3.8, 4) is 0 Å². The highest BCUT2D eigenvalue weighted by atomic mass is 16.5. The van der Waals surface area contributed by atoms with E-state index in [2.05, 4.69) is 27.1 Å². The molecule has 2 N–H and O–H groups in total. The smallest absolute Gasteiger partial charge is 0.133 e. The van der Waals surface area contributed by atoms with E-state index in [4.69, 9.17) is 10.3 Å². The van der Waals surface area contributed by atoms with Crippen LogP contribution in [0.25, 0.3) is 0 Å². The van der Waals surface area contributed by atoms with E-state index in [0.29, 0.717) is 0 Å². The third-order valence-electron chi connectivity index (χ3n) is 3.88. The van der Waals surface area contributed by atoms with Crippen LogP contribution < -0.4 is 5.73 Å². The van der Waals surface area contributed by atoms with Gasteiger partial charge in [0.15, 0.2) is 0 Å². The number of nitrogens with zero attached hydrogens (tertiary/aromatic N) is 3. The van der Waals surface area contributed by atoms with Crippen molar-refractivity contribution in [2.75, 3.05) is 31.9 Å². The van der Waals surface area contributed by atoms with Crippen molar-refractivity contribution in [3.05, 3.63) is 47.3 Å². The summed E-state index contributed by atoms with van der Waals surface area (Å²) in [4.78, 5) is 4.90. The van der Waals surface area contributed by atoms with Crippen molar-refractivity contribution in [2.45, 2.75) is 20.0 Å². The molecule has 2 aromatic rings. The Morgan fingerprint density at radius 1 is 1.10 bits per heavy atom. The molecule has 0 aliphatic carbocycles. The summed E-state index contributed by atoms with van der Waals surface area (Å²) < 4.78 is 5.12. The average Bonchev–Trinajstić information content (AvgIpc) is 2.86. The zero-order chi connectivity index (χ0) is 14.7. The Morgan fingerprint density at radius 3 is 2.43 bits per heavy atom. The Hall–Kier alpha value is -1.85. The minimum Gasteiger partial charge on any atom is -0.399 e. The second-order valence-electron chi connectivity index (χ2n) is 5.73. The molecule has 0 spiro atoms. The second-order valence-corrected chi connectivity index (χ2v) is 5.73. The molecule has 2 heterocycles. The largest absolute Gasteiger partial charge is 0.399 e. The SMILES string of the molecule is Cc1cc(CN2CCN(Cc3cccc(N)c3)CC2)no1. The highest BCUT2D eigenvalue weighted by Gasteiger charge is 2.18. The average molecular weight is 286 g/mol. The molecular weight excluding hydrogens is 264 g/mol. The first-order valence-electron chi connectivity index (χ1n) is 7.40. The first-order valence-corrected chi connectivity index (χ1v) is 7.40. The number of hydrogen-bond acceptors (Lipinski definition) is 5. The van der Waals surface area contributed by atoms with Crippen LogP contribution in [0.1, 0.15) is 17.0 Å². The number of piperazine rings is 1. The van der Waals surface area contributed by atoms with Crippen LogP contribution in [0.15, 0.2) is 34.9 Å². The summed E-state index contributed by atoms with van der Waals surface area (Å²) in [6, 6.07) is 10.2. The highest BCUT2D eigenvalue weighted by molar-refractivity contribution is 5.40. The lowest BCUT2D eigenvalue weighted by Crippen LogP contribution is -2.45. The van der Waals surface area contributed by atoms with Crippen LogP contribution in [0.2, 0.25) is 0 Å². The molecule has 112 valence electrons. The van der Waals surface area contributed by atoms with Gasteiger partial charge in [-0.2, -0.15) is 0 Å². The van der Waals surface area contributed by atoms with Crippen LogP contribution in [0, 0.1) is 6.92 Å². The summed E-state index contributed by atoms with van der Waals surface area (Å²) in [5.41, 5.74) is 8.98. The number of aromatic nitrogens is 1. The lowest BCUT2D eigenvalue weighted by atomic mass is 10.1. The van der Waals surface area contributed by atoms with Gasteiger partial charge in [-0.1, -0.05) is 17.3 Å². The third kappa shape index (κ3) is 3.83. The normalized spacial score (nSPS) is 17.2. The zero-order valence-electron chi connectivity index (χ0n) is 12.5. The number of anilines is 1. The van der Waals surface area contributed by atoms with E-state index in [0.717, 1.165) is 56.4 Å². The van der Waals surface area contributed by atoms with Crippen LogP contribution in [0.5, 0.6) is 0 Å². The van der Waals surface area contributed by atoms with Gasteiger partial charge in [-0.05, 0) is 24.6 Å². The van der Waals surface area contributed by atoms with Crippen LogP contribution in [0.4, 0.5) is 5.69 Å². The minimum atomic E-state index is 0.840. The van der Waals surface area contributed by atoms with E-state index < -0.39 is 0 Å². The second kappa shape index (κ2) is 6.28. The fourth-order valence-electron chi connectivity index (χ4n) is 2.78. The molecular formula is C16H22N4O. The van der Waals surface area contributed by atoms with Crippen LogP contribution in [-0.4, -0.2) is 41.1 Å². The number of rotatable bonds is 4. The Kier molecular flexibility index (Phi) is 4.22. The molecule has 0 saturated carbocycles. The summed E-state index contributed by atoms with van der Waals surface area (Å²) in [6.45, 7) is 8.06. The number of aryl methyl sites for hydroxylation is 1. The van der Waals surface area contributed by atoms with Gasteiger partial charge in [-0.15, -0.1) is 0 Å². The van der Waals surface area contributed by atoms with E-state index in [1.54, 1.807) is 0 Å². The van der Waals surface area contributed by atoms with Crippen molar-refractivity contribution in [1.29, 1.82) is 0 Å². The predicted molar refractivity (Wildman–Crippen MR) is 82.6 cm³/mol.